The van der Waals surface area contributed by atoms with E-state index in [1.807, 2.05) is 26.8 Å². The van der Waals surface area contributed by atoms with Gasteiger partial charge in [0.05, 0.1) is 12.2 Å². The number of rotatable bonds is 6. The molecule has 1 fully saturated rings. The smallest absolute Gasteiger partial charge is 0.410 e. The molecule has 2 amide bonds. The van der Waals surface area contributed by atoms with Gasteiger partial charge in [-0.15, -0.1) is 0 Å². The van der Waals surface area contributed by atoms with Crippen LogP contribution in [0.3, 0.4) is 0 Å². The van der Waals surface area contributed by atoms with Gasteiger partial charge in [-0.25, -0.2) is 9.59 Å². The van der Waals surface area contributed by atoms with Gasteiger partial charge >= 0.3 is 12.1 Å². The highest BCUT2D eigenvalue weighted by Crippen LogP contribution is 2.16. The standard InChI is InChI=1S/C23H30N4O5/c1-5-31-21(29)16-6-8-19(9-7-16)26-20(28)17(14-24)15-25-18-10-12-27(13-11-18)22(30)32-23(2,3)4/h6-9,15,18,25H,5,10-13H2,1-4H3,(H,26,28)/b17-15-. The first-order chi connectivity index (χ1) is 15.1. The third-order valence-electron chi connectivity index (χ3n) is 4.63. The highest BCUT2D eigenvalue weighted by molar-refractivity contribution is 6.06. The lowest BCUT2D eigenvalue weighted by atomic mass is 10.1. The Morgan fingerprint density at radius 1 is 1.19 bits per heavy atom. The maximum absolute atomic E-state index is 12.4. The molecule has 2 N–H and O–H groups in total. The average Bonchev–Trinajstić information content (AvgIpc) is 2.74. The molecule has 0 atom stereocenters. The van der Waals surface area contributed by atoms with Gasteiger partial charge in [0, 0.05) is 31.0 Å². The Labute approximate surface area is 188 Å². The van der Waals surface area contributed by atoms with Crippen molar-refractivity contribution in [2.45, 2.75) is 52.2 Å². The number of benzene rings is 1. The molecule has 0 bridgehead atoms. The molecule has 32 heavy (non-hydrogen) atoms. The highest BCUT2D eigenvalue weighted by atomic mass is 16.6. The van der Waals surface area contributed by atoms with E-state index in [2.05, 4.69) is 10.6 Å². The third kappa shape index (κ3) is 7.61. The molecule has 1 aromatic carbocycles. The molecule has 9 nitrogen and oxygen atoms in total. The van der Waals surface area contributed by atoms with Gasteiger partial charge in [0.25, 0.3) is 5.91 Å². The van der Waals surface area contributed by atoms with E-state index in [4.69, 9.17) is 9.47 Å². The monoisotopic (exact) mass is 442 g/mol. The van der Waals surface area contributed by atoms with Crippen LogP contribution in [0.15, 0.2) is 36.0 Å². The number of carbonyl (C=O) groups excluding carboxylic acids is 3. The summed E-state index contributed by atoms with van der Waals surface area (Å²) in [6.07, 6.45) is 2.41. The predicted octanol–water partition coefficient (Wildman–Crippen LogP) is 3.20. The number of likely N-dealkylation sites (tertiary alicyclic amines) is 1. The maximum Gasteiger partial charge on any atom is 0.410 e. The number of anilines is 1. The fourth-order valence-electron chi connectivity index (χ4n) is 3.01. The van der Waals surface area contributed by atoms with E-state index in [1.165, 1.54) is 6.20 Å². The minimum Gasteiger partial charge on any atom is -0.462 e. The summed E-state index contributed by atoms with van der Waals surface area (Å²) in [4.78, 5) is 37.9. The number of hydrogen-bond acceptors (Lipinski definition) is 7. The van der Waals surface area contributed by atoms with Crippen LogP contribution in [0.2, 0.25) is 0 Å². The summed E-state index contributed by atoms with van der Waals surface area (Å²) in [6.45, 7) is 8.54. The van der Waals surface area contributed by atoms with Crippen LogP contribution in [-0.4, -0.2) is 54.2 Å². The second-order valence-corrected chi connectivity index (χ2v) is 8.33. The summed E-state index contributed by atoms with van der Waals surface area (Å²) < 4.78 is 10.3. The van der Waals surface area contributed by atoms with Crippen molar-refractivity contribution in [3.05, 3.63) is 41.6 Å². The first-order valence-corrected chi connectivity index (χ1v) is 10.6. The molecule has 0 aromatic heterocycles. The fourth-order valence-corrected chi connectivity index (χ4v) is 3.01. The maximum atomic E-state index is 12.4. The third-order valence-corrected chi connectivity index (χ3v) is 4.63. The molecule has 1 saturated heterocycles. The Balaban J connectivity index is 1.87. The van der Waals surface area contributed by atoms with Crippen molar-refractivity contribution < 1.29 is 23.9 Å². The second-order valence-electron chi connectivity index (χ2n) is 8.33. The van der Waals surface area contributed by atoms with Crippen molar-refractivity contribution in [1.29, 1.82) is 5.26 Å². The van der Waals surface area contributed by atoms with Crippen LogP contribution in [0.25, 0.3) is 0 Å². The van der Waals surface area contributed by atoms with E-state index < -0.39 is 17.5 Å². The number of piperidine rings is 1. The molecule has 0 aliphatic carbocycles. The molecule has 172 valence electrons. The fraction of sp³-hybridized carbons (Fsp3) is 0.478. The number of nitriles is 1. The van der Waals surface area contributed by atoms with Crippen LogP contribution in [0.5, 0.6) is 0 Å². The number of carbonyl (C=O) groups is 3. The summed E-state index contributed by atoms with van der Waals surface area (Å²) in [7, 11) is 0. The number of ether oxygens (including phenoxy) is 2. The quantitative estimate of drug-likeness (QED) is 0.394. The largest absolute Gasteiger partial charge is 0.462 e. The van der Waals surface area contributed by atoms with Crippen molar-refractivity contribution in [1.82, 2.24) is 10.2 Å². The zero-order valence-electron chi connectivity index (χ0n) is 18.9. The lowest BCUT2D eigenvalue weighted by molar-refractivity contribution is -0.112. The van der Waals surface area contributed by atoms with Crippen LogP contribution in [0.1, 0.15) is 50.9 Å². The van der Waals surface area contributed by atoms with E-state index in [0.717, 1.165) is 0 Å². The first-order valence-electron chi connectivity index (χ1n) is 10.6. The Morgan fingerprint density at radius 3 is 2.34 bits per heavy atom. The normalized spacial score (nSPS) is 14.8. The summed E-state index contributed by atoms with van der Waals surface area (Å²) in [5.74, 6) is -1.00. The molecular weight excluding hydrogens is 412 g/mol. The lowest BCUT2D eigenvalue weighted by Crippen LogP contribution is -2.45. The van der Waals surface area contributed by atoms with Crippen LogP contribution >= 0.6 is 0 Å². The van der Waals surface area contributed by atoms with E-state index in [0.29, 0.717) is 37.2 Å². The lowest BCUT2D eigenvalue weighted by Gasteiger charge is -2.33. The minimum absolute atomic E-state index is 0.0358. The Morgan fingerprint density at radius 2 is 1.81 bits per heavy atom. The molecule has 0 spiro atoms. The van der Waals surface area contributed by atoms with Gasteiger partial charge in [-0.1, -0.05) is 0 Å². The van der Waals surface area contributed by atoms with Gasteiger partial charge in [0.1, 0.15) is 17.2 Å². The minimum atomic E-state index is -0.560. The van der Waals surface area contributed by atoms with E-state index in [-0.39, 0.29) is 24.3 Å². The van der Waals surface area contributed by atoms with Crippen molar-refractivity contribution >= 4 is 23.7 Å². The molecule has 0 radical (unpaired) electrons. The predicted molar refractivity (Wildman–Crippen MR) is 119 cm³/mol. The number of amides is 2. The Bertz CT molecular complexity index is 888. The van der Waals surface area contributed by atoms with Crippen molar-refractivity contribution in [3.8, 4) is 6.07 Å². The van der Waals surface area contributed by atoms with Gasteiger partial charge in [-0.05, 0) is 64.8 Å². The molecule has 1 aromatic rings. The van der Waals surface area contributed by atoms with Gasteiger partial charge in [-0.3, -0.25) is 4.79 Å². The Hall–Kier alpha value is -3.54. The summed E-state index contributed by atoms with van der Waals surface area (Å²) in [6, 6.07) is 8.14. The van der Waals surface area contributed by atoms with Gasteiger partial charge in [0.15, 0.2) is 0 Å². The molecule has 0 unspecified atom stereocenters. The van der Waals surface area contributed by atoms with E-state index in [1.54, 1.807) is 36.1 Å². The van der Waals surface area contributed by atoms with Crippen LogP contribution < -0.4 is 10.6 Å². The first kappa shape index (κ1) is 24.7. The number of nitrogens with zero attached hydrogens (tertiary/aromatic N) is 2. The van der Waals surface area contributed by atoms with Crippen LogP contribution in [0.4, 0.5) is 10.5 Å². The molecule has 9 heteroatoms. The topological polar surface area (TPSA) is 121 Å². The van der Waals surface area contributed by atoms with Gasteiger partial charge in [-0.2, -0.15) is 5.26 Å². The second kappa shape index (κ2) is 11.2. The average molecular weight is 443 g/mol. The zero-order valence-corrected chi connectivity index (χ0v) is 18.9. The summed E-state index contributed by atoms with van der Waals surface area (Å²) in [5.41, 5.74) is 0.215. The molecule has 0 saturated carbocycles. The van der Waals surface area contributed by atoms with Crippen molar-refractivity contribution in [2.24, 2.45) is 0 Å². The molecule has 1 heterocycles. The van der Waals surface area contributed by atoms with Crippen LogP contribution in [0, 0.1) is 11.3 Å². The Kier molecular flexibility index (Phi) is 8.64. The molecular formula is C23H30N4O5. The SMILES string of the molecule is CCOC(=O)c1ccc(NC(=O)/C(C#N)=C\NC2CCN(C(=O)OC(C)(C)C)CC2)cc1. The molecule has 2 rings (SSSR count). The highest BCUT2D eigenvalue weighted by Gasteiger charge is 2.26. The number of nitrogens with one attached hydrogen (secondary N) is 2. The van der Waals surface area contributed by atoms with Crippen molar-refractivity contribution in [2.75, 3.05) is 25.0 Å². The summed E-state index contributed by atoms with van der Waals surface area (Å²) in [5, 5.41) is 15.1. The molecule has 1 aliphatic heterocycles. The van der Waals surface area contributed by atoms with Gasteiger partial charge in [0.2, 0.25) is 0 Å². The van der Waals surface area contributed by atoms with Gasteiger partial charge < -0.3 is 25.0 Å². The molecule has 1 aliphatic rings. The number of hydrogen-bond donors (Lipinski definition) is 2. The number of esters is 1. The van der Waals surface area contributed by atoms with Crippen molar-refractivity contribution in [3.63, 3.8) is 0 Å². The van der Waals surface area contributed by atoms with E-state index >= 15 is 0 Å². The summed E-state index contributed by atoms with van der Waals surface area (Å²) >= 11 is 0. The zero-order chi connectivity index (χ0) is 23.7. The van der Waals surface area contributed by atoms with Crippen LogP contribution in [-0.2, 0) is 14.3 Å². The van der Waals surface area contributed by atoms with E-state index in [9.17, 15) is 19.6 Å².